The van der Waals surface area contributed by atoms with Crippen LogP contribution in [0.4, 0.5) is 0 Å². The van der Waals surface area contributed by atoms with Gasteiger partial charge >= 0.3 is 0 Å². The quantitative estimate of drug-likeness (QED) is 0.529. The van der Waals surface area contributed by atoms with Crippen LogP contribution in [0.15, 0.2) is 47.4 Å². The lowest BCUT2D eigenvalue weighted by molar-refractivity contribution is 0.309. The van der Waals surface area contributed by atoms with Crippen LogP contribution in [0.2, 0.25) is 0 Å². The molecule has 1 aliphatic rings. The molecular formula is C21H25N5O5S. The highest BCUT2D eigenvalue weighted by molar-refractivity contribution is 7.89. The molecule has 0 aliphatic carbocycles. The Labute approximate surface area is 186 Å². The first-order chi connectivity index (χ1) is 15.5. The standard InChI is InChI=1S/C21H25N5O5S/c1-29-17-6-4-16(5-7-17)26-21(22-23-24-26)15-10-12-25(13-11-15)32(27,28)20-14-18(30-2)8-9-19(20)31-3/h4-9,14-15H,10-13H2,1-3H3. The van der Waals surface area contributed by atoms with Gasteiger partial charge in [-0.1, -0.05) is 0 Å². The number of benzene rings is 2. The van der Waals surface area contributed by atoms with Gasteiger partial charge in [0.1, 0.15) is 22.1 Å². The van der Waals surface area contributed by atoms with Gasteiger partial charge in [-0.15, -0.1) is 5.10 Å². The number of sulfonamides is 1. The van der Waals surface area contributed by atoms with Crippen LogP contribution in [0, 0.1) is 0 Å². The minimum Gasteiger partial charge on any atom is -0.497 e. The van der Waals surface area contributed by atoms with Crippen LogP contribution in [0.3, 0.4) is 0 Å². The van der Waals surface area contributed by atoms with Gasteiger partial charge in [-0.2, -0.15) is 8.99 Å². The van der Waals surface area contributed by atoms with Crippen LogP contribution in [-0.4, -0.2) is 67.3 Å². The summed E-state index contributed by atoms with van der Waals surface area (Å²) >= 11 is 0. The number of ether oxygens (including phenoxy) is 3. The maximum absolute atomic E-state index is 13.3. The molecule has 1 saturated heterocycles. The molecule has 11 heteroatoms. The summed E-state index contributed by atoms with van der Waals surface area (Å²) in [7, 11) is 0.815. The zero-order valence-electron chi connectivity index (χ0n) is 18.1. The number of nitrogens with zero attached hydrogens (tertiary/aromatic N) is 5. The van der Waals surface area contributed by atoms with Gasteiger partial charge in [0.25, 0.3) is 0 Å². The van der Waals surface area contributed by atoms with Gasteiger partial charge in [-0.25, -0.2) is 8.42 Å². The molecule has 2 heterocycles. The molecule has 1 aliphatic heterocycles. The van der Waals surface area contributed by atoms with Crippen molar-refractivity contribution in [2.24, 2.45) is 0 Å². The third-order valence-electron chi connectivity index (χ3n) is 5.62. The van der Waals surface area contributed by atoms with E-state index < -0.39 is 10.0 Å². The first-order valence-corrected chi connectivity index (χ1v) is 11.6. The van der Waals surface area contributed by atoms with Crippen LogP contribution in [0.5, 0.6) is 17.2 Å². The fraction of sp³-hybridized carbons (Fsp3) is 0.381. The van der Waals surface area contributed by atoms with Crippen molar-refractivity contribution in [2.75, 3.05) is 34.4 Å². The zero-order valence-corrected chi connectivity index (χ0v) is 18.9. The Morgan fingerprint density at radius 1 is 0.906 bits per heavy atom. The Morgan fingerprint density at radius 2 is 1.56 bits per heavy atom. The van der Waals surface area contributed by atoms with Crippen LogP contribution in [0.25, 0.3) is 5.69 Å². The second kappa shape index (κ2) is 9.13. The van der Waals surface area contributed by atoms with E-state index in [1.807, 2.05) is 24.3 Å². The van der Waals surface area contributed by atoms with E-state index in [1.54, 1.807) is 23.9 Å². The molecule has 10 nitrogen and oxygen atoms in total. The molecule has 0 unspecified atom stereocenters. The van der Waals surface area contributed by atoms with E-state index in [9.17, 15) is 8.42 Å². The molecule has 0 spiro atoms. The average molecular weight is 460 g/mol. The zero-order chi connectivity index (χ0) is 22.7. The van der Waals surface area contributed by atoms with Gasteiger partial charge in [0, 0.05) is 25.1 Å². The van der Waals surface area contributed by atoms with Crippen molar-refractivity contribution in [3.8, 4) is 22.9 Å². The van der Waals surface area contributed by atoms with Crippen molar-refractivity contribution < 1.29 is 22.6 Å². The first kappa shape index (κ1) is 22.0. The van der Waals surface area contributed by atoms with Crippen molar-refractivity contribution in [3.63, 3.8) is 0 Å². The lowest BCUT2D eigenvalue weighted by atomic mass is 9.97. The summed E-state index contributed by atoms with van der Waals surface area (Å²) in [5, 5.41) is 12.2. The fourth-order valence-corrected chi connectivity index (χ4v) is 5.48. The summed E-state index contributed by atoms with van der Waals surface area (Å²) in [5.74, 6) is 2.24. The fourth-order valence-electron chi connectivity index (χ4n) is 3.83. The monoisotopic (exact) mass is 459 g/mol. The Kier molecular flexibility index (Phi) is 6.28. The SMILES string of the molecule is COc1ccc(-n2nnnc2C2CCN(S(=O)(=O)c3cc(OC)ccc3OC)CC2)cc1. The molecule has 0 atom stereocenters. The highest BCUT2D eigenvalue weighted by atomic mass is 32.2. The number of piperidine rings is 1. The van der Waals surface area contributed by atoms with E-state index in [2.05, 4.69) is 15.5 Å². The smallest absolute Gasteiger partial charge is 0.246 e. The molecule has 0 saturated carbocycles. The first-order valence-electron chi connectivity index (χ1n) is 10.1. The molecule has 32 heavy (non-hydrogen) atoms. The Hall–Kier alpha value is -3.18. The Bertz CT molecular complexity index is 1170. The van der Waals surface area contributed by atoms with Crippen LogP contribution < -0.4 is 14.2 Å². The molecule has 1 fully saturated rings. The van der Waals surface area contributed by atoms with E-state index in [0.717, 1.165) is 11.4 Å². The van der Waals surface area contributed by atoms with E-state index in [4.69, 9.17) is 14.2 Å². The maximum atomic E-state index is 13.3. The number of hydrogen-bond acceptors (Lipinski definition) is 8. The molecule has 0 N–H and O–H groups in total. The summed E-state index contributed by atoms with van der Waals surface area (Å²) in [6, 6.07) is 12.2. The van der Waals surface area contributed by atoms with E-state index >= 15 is 0 Å². The number of methoxy groups -OCH3 is 3. The van der Waals surface area contributed by atoms with Gasteiger partial charge < -0.3 is 14.2 Å². The largest absolute Gasteiger partial charge is 0.497 e. The predicted octanol–water partition coefficient (Wildman–Crippen LogP) is 2.26. The normalized spacial score (nSPS) is 15.5. The van der Waals surface area contributed by atoms with E-state index in [0.29, 0.717) is 37.5 Å². The van der Waals surface area contributed by atoms with Gasteiger partial charge in [-0.3, -0.25) is 0 Å². The van der Waals surface area contributed by atoms with Gasteiger partial charge in [0.05, 0.1) is 27.0 Å². The average Bonchev–Trinajstić information content (AvgIpc) is 3.33. The summed E-state index contributed by atoms with van der Waals surface area (Å²) in [4.78, 5) is 0.0980. The van der Waals surface area contributed by atoms with Crippen LogP contribution in [-0.2, 0) is 10.0 Å². The minimum absolute atomic E-state index is 0.0331. The summed E-state index contributed by atoms with van der Waals surface area (Å²) in [6.07, 6.45) is 1.20. The molecule has 4 rings (SSSR count). The minimum atomic E-state index is -3.74. The lowest BCUT2D eigenvalue weighted by Crippen LogP contribution is -2.38. The molecule has 2 aromatic carbocycles. The number of aromatic nitrogens is 4. The topological polar surface area (TPSA) is 109 Å². The van der Waals surface area contributed by atoms with Gasteiger partial charge in [0.15, 0.2) is 5.82 Å². The predicted molar refractivity (Wildman–Crippen MR) is 116 cm³/mol. The van der Waals surface area contributed by atoms with Crippen molar-refractivity contribution >= 4 is 10.0 Å². The van der Waals surface area contributed by atoms with Gasteiger partial charge in [0.2, 0.25) is 10.0 Å². The molecule has 0 radical (unpaired) electrons. The summed E-state index contributed by atoms with van der Waals surface area (Å²) < 4.78 is 45.5. The molecule has 0 amide bonds. The number of hydrogen-bond donors (Lipinski definition) is 0. The molecule has 0 bridgehead atoms. The van der Waals surface area contributed by atoms with Crippen molar-refractivity contribution in [2.45, 2.75) is 23.7 Å². The van der Waals surface area contributed by atoms with E-state index in [-0.39, 0.29) is 16.6 Å². The third kappa shape index (κ3) is 4.13. The molecule has 170 valence electrons. The summed E-state index contributed by atoms with van der Waals surface area (Å²) in [6.45, 7) is 0.700. The number of rotatable bonds is 7. The third-order valence-corrected chi connectivity index (χ3v) is 7.54. The van der Waals surface area contributed by atoms with Crippen molar-refractivity contribution in [1.29, 1.82) is 0 Å². The summed E-state index contributed by atoms with van der Waals surface area (Å²) in [5.41, 5.74) is 0.821. The van der Waals surface area contributed by atoms with E-state index in [1.165, 1.54) is 24.6 Å². The van der Waals surface area contributed by atoms with Crippen molar-refractivity contribution in [3.05, 3.63) is 48.3 Å². The lowest BCUT2D eigenvalue weighted by Gasteiger charge is -2.31. The number of tetrazole rings is 1. The second-order valence-electron chi connectivity index (χ2n) is 7.34. The highest BCUT2D eigenvalue weighted by Crippen LogP contribution is 2.34. The van der Waals surface area contributed by atoms with Crippen LogP contribution >= 0.6 is 0 Å². The van der Waals surface area contributed by atoms with Crippen molar-refractivity contribution in [1.82, 2.24) is 24.5 Å². The molecule has 1 aromatic heterocycles. The Morgan fingerprint density at radius 3 is 2.19 bits per heavy atom. The maximum Gasteiger partial charge on any atom is 0.246 e. The Balaban J connectivity index is 1.52. The molecule has 3 aromatic rings. The molecular weight excluding hydrogens is 434 g/mol. The second-order valence-corrected chi connectivity index (χ2v) is 9.25. The van der Waals surface area contributed by atoms with Crippen LogP contribution in [0.1, 0.15) is 24.6 Å². The van der Waals surface area contributed by atoms with Gasteiger partial charge in [-0.05, 0) is 59.7 Å². The highest BCUT2D eigenvalue weighted by Gasteiger charge is 2.34.